The maximum Gasteiger partial charge on any atom is 0.410 e. The van der Waals surface area contributed by atoms with E-state index in [1.54, 1.807) is 0 Å². The van der Waals surface area contributed by atoms with E-state index in [1.165, 1.54) is 18.5 Å². The maximum atomic E-state index is 12.2. The Morgan fingerprint density at radius 1 is 1.12 bits per heavy atom. The first-order valence-electron chi connectivity index (χ1n) is 9.22. The van der Waals surface area contributed by atoms with Crippen LogP contribution in [-0.2, 0) is 4.74 Å². The molecule has 1 aromatic carbocycles. The van der Waals surface area contributed by atoms with Crippen LogP contribution in [0.15, 0.2) is 30.3 Å². The number of carbonyl (C=O) groups is 1. The molecule has 132 valence electrons. The van der Waals surface area contributed by atoms with Gasteiger partial charge in [0, 0.05) is 31.4 Å². The second-order valence-corrected chi connectivity index (χ2v) is 8.13. The number of para-hydroxylation sites is 1. The smallest absolute Gasteiger partial charge is 0.410 e. The predicted octanol–water partition coefficient (Wildman–Crippen LogP) is 4.30. The van der Waals surface area contributed by atoms with Gasteiger partial charge in [0.15, 0.2) is 0 Å². The normalized spacial score (nSPS) is 19.2. The van der Waals surface area contributed by atoms with E-state index >= 15 is 0 Å². The minimum Gasteiger partial charge on any atom is -0.444 e. The van der Waals surface area contributed by atoms with E-state index in [9.17, 15) is 4.79 Å². The summed E-state index contributed by atoms with van der Waals surface area (Å²) >= 11 is 0. The van der Waals surface area contributed by atoms with Gasteiger partial charge in [0.2, 0.25) is 0 Å². The van der Waals surface area contributed by atoms with Gasteiger partial charge in [0.05, 0.1) is 0 Å². The first-order chi connectivity index (χ1) is 11.4. The Labute approximate surface area is 145 Å². The van der Waals surface area contributed by atoms with Gasteiger partial charge in [-0.05, 0) is 64.5 Å². The third-order valence-corrected chi connectivity index (χ3v) is 4.80. The molecule has 1 amide bonds. The summed E-state index contributed by atoms with van der Waals surface area (Å²) < 4.78 is 5.51. The van der Waals surface area contributed by atoms with Crippen molar-refractivity contribution in [3.8, 4) is 0 Å². The van der Waals surface area contributed by atoms with E-state index in [0.717, 1.165) is 38.4 Å². The topological polar surface area (TPSA) is 32.8 Å². The molecule has 1 aliphatic carbocycles. The second-order valence-electron chi connectivity index (χ2n) is 8.13. The van der Waals surface area contributed by atoms with Crippen molar-refractivity contribution in [2.45, 2.75) is 58.1 Å². The molecule has 0 radical (unpaired) electrons. The summed E-state index contributed by atoms with van der Waals surface area (Å²) in [4.78, 5) is 16.7. The van der Waals surface area contributed by atoms with Gasteiger partial charge >= 0.3 is 6.09 Å². The molecular formula is C20H30N2O2. The summed E-state index contributed by atoms with van der Waals surface area (Å²) in [6.07, 6.45) is 4.58. The zero-order chi connectivity index (χ0) is 17.2. The van der Waals surface area contributed by atoms with Gasteiger partial charge < -0.3 is 14.5 Å². The van der Waals surface area contributed by atoms with Gasteiger partial charge in [-0.2, -0.15) is 0 Å². The molecule has 3 rings (SSSR count). The van der Waals surface area contributed by atoms with Crippen molar-refractivity contribution in [3.63, 3.8) is 0 Å². The molecule has 0 bridgehead atoms. The number of rotatable bonds is 4. The van der Waals surface area contributed by atoms with E-state index < -0.39 is 5.60 Å². The molecule has 0 unspecified atom stereocenters. The predicted molar refractivity (Wildman–Crippen MR) is 97.3 cm³/mol. The lowest BCUT2D eigenvalue weighted by atomic mass is 10.0. The molecule has 4 nitrogen and oxygen atoms in total. The van der Waals surface area contributed by atoms with Crippen molar-refractivity contribution in [2.75, 3.05) is 24.5 Å². The first-order valence-corrected chi connectivity index (χ1v) is 9.22. The Morgan fingerprint density at radius 3 is 2.29 bits per heavy atom. The van der Waals surface area contributed by atoms with Crippen molar-refractivity contribution in [2.24, 2.45) is 5.92 Å². The molecule has 1 heterocycles. The van der Waals surface area contributed by atoms with Gasteiger partial charge in [-0.1, -0.05) is 18.2 Å². The van der Waals surface area contributed by atoms with Crippen LogP contribution in [0.2, 0.25) is 0 Å². The summed E-state index contributed by atoms with van der Waals surface area (Å²) in [5.74, 6) is 0.856. The standard InChI is InChI=1S/C20H30N2O2/c1-20(2,3)24-19(23)21-13-11-18(12-14-21)22(15-16-9-10-16)17-7-5-4-6-8-17/h4-8,16,18H,9-15H2,1-3H3. The van der Waals surface area contributed by atoms with Crippen molar-refractivity contribution < 1.29 is 9.53 Å². The summed E-state index contributed by atoms with van der Waals surface area (Å²) in [7, 11) is 0. The van der Waals surface area contributed by atoms with Crippen LogP contribution < -0.4 is 4.90 Å². The Balaban J connectivity index is 1.60. The molecule has 4 heteroatoms. The number of anilines is 1. The molecule has 2 aliphatic rings. The number of likely N-dealkylation sites (tertiary alicyclic amines) is 1. The lowest BCUT2D eigenvalue weighted by Gasteiger charge is -2.40. The summed E-state index contributed by atoms with van der Waals surface area (Å²) in [6, 6.07) is 11.2. The van der Waals surface area contributed by atoms with E-state index in [2.05, 4.69) is 35.2 Å². The minimum atomic E-state index is -0.421. The summed E-state index contributed by atoms with van der Waals surface area (Å²) in [6.45, 7) is 8.49. The fourth-order valence-electron chi connectivity index (χ4n) is 3.35. The highest BCUT2D eigenvalue weighted by atomic mass is 16.6. The molecule has 24 heavy (non-hydrogen) atoms. The lowest BCUT2D eigenvalue weighted by molar-refractivity contribution is 0.0204. The molecule has 0 N–H and O–H groups in total. The van der Waals surface area contributed by atoms with Gasteiger partial charge in [0.1, 0.15) is 5.60 Å². The molecule has 1 saturated carbocycles. The van der Waals surface area contributed by atoms with Gasteiger partial charge in [-0.25, -0.2) is 4.79 Å². The molecule has 0 aromatic heterocycles. The summed E-state index contributed by atoms with van der Waals surface area (Å²) in [5, 5.41) is 0. The largest absolute Gasteiger partial charge is 0.444 e. The fraction of sp³-hybridized carbons (Fsp3) is 0.650. The lowest BCUT2D eigenvalue weighted by Crippen LogP contribution is -2.48. The molecule has 1 aromatic rings. The monoisotopic (exact) mass is 330 g/mol. The van der Waals surface area contributed by atoms with Crippen molar-refractivity contribution in [1.29, 1.82) is 0 Å². The number of hydrogen-bond donors (Lipinski definition) is 0. The van der Waals surface area contributed by atoms with Gasteiger partial charge in [-0.15, -0.1) is 0 Å². The van der Waals surface area contributed by atoms with Crippen LogP contribution in [0.4, 0.5) is 10.5 Å². The van der Waals surface area contributed by atoms with Crippen LogP contribution in [0, 0.1) is 5.92 Å². The van der Waals surface area contributed by atoms with Crippen molar-refractivity contribution in [3.05, 3.63) is 30.3 Å². The third-order valence-electron chi connectivity index (χ3n) is 4.80. The Kier molecular flexibility index (Phi) is 5.02. The average Bonchev–Trinajstić information content (AvgIpc) is 3.36. The highest BCUT2D eigenvalue weighted by Crippen LogP contribution is 2.34. The van der Waals surface area contributed by atoms with E-state index in [-0.39, 0.29) is 6.09 Å². The van der Waals surface area contributed by atoms with E-state index in [1.807, 2.05) is 25.7 Å². The molecule has 1 saturated heterocycles. The zero-order valence-corrected chi connectivity index (χ0v) is 15.2. The Hall–Kier alpha value is -1.71. The average molecular weight is 330 g/mol. The van der Waals surface area contributed by atoms with Crippen LogP contribution in [0.3, 0.4) is 0 Å². The molecule has 0 spiro atoms. The number of benzene rings is 1. The highest BCUT2D eigenvalue weighted by Gasteiger charge is 2.32. The Morgan fingerprint density at radius 2 is 1.75 bits per heavy atom. The number of carbonyl (C=O) groups excluding carboxylic acids is 1. The molecular weight excluding hydrogens is 300 g/mol. The van der Waals surface area contributed by atoms with Crippen LogP contribution in [-0.4, -0.2) is 42.3 Å². The number of amides is 1. The highest BCUT2D eigenvalue weighted by molar-refractivity contribution is 5.68. The van der Waals surface area contributed by atoms with Crippen LogP contribution >= 0.6 is 0 Å². The third kappa shape index (κ3) is 4.65. The van der Waals surface area contributed by atoms with Crippen LogP contribution in [0.25, 0.3) is 0 Å². The van der Waals surface area contributed by atoms with Crippen LogP contribution in [0.1, 0.15) is 46.5 Å². The SMILES string of the molecule is CC(C)(C)OC(=O)N1CCC(N(CC2CC2)c2ccccc2)CC1. The van der Waals surface area contributed by atoms with Crippen LogP contribution in [0.5, 0.6) is 0 Å². The fourth-order valence-corrected chi connectivity index (χ4v) is 3.35. The summed E-state index contributed by atoms with van der Waals surface area (Å²) in [5.41, 5.74) is 0.899. The molecule has 0 atom stereocenters. The number of hydrogen-bond acceptors (Lipinski definition) is 3. The number of piperidine rings is 1. The molecule has 2 fully saturated rings. The number of nitrogens with zero attached hydrogens (tertiary/aromatic N) is 2. The van der Waals surface area contributed by atoms with E-state index in [0.29, 0.717) is 6.04 Å². The first kappa shape index (κ1) is 17.1. The van der Waals surface area contributed by atoms with Gasteiger partial charge in [0.25, 0.3) is 0 Å². The van der Waals surface area contributed by atoms with Crippen molar-refractivity contribution in [1.82, 2.24) is 4.90 Å². The minimum absolute atomic E-state index is 0.172. The number of ether oxygens (including phenoxy) is 1. The van der Waals surface area contributed by atoms with Crippen molar-refractivity contribution >= 4 is 11.8 Å². The maximum absolute atomic E-state index is 12.2. The Bertz CT molecular complexity index is 541. The zero-order valence-electron chi connectivity index (χ0n) is 15.2. The van der Waals surface area contributed by atoms with Gasteiger partial charge in [-0.3, -0.25) is 0 Å². The molecule has 1 aliphatic heterocycles. The second kappa shape index (κ2) is 7.04. The van der Waals surface area contributed by atoms with E-state index in [4.69, 9.17) is 4.74 Å². The quantitative estimate of drug-likeness (QED) is 0.825.